The lowest BCUT2D eigenvalue weighted by molar-refractivity contribution is 0.00578. The molecule has 2 nitrogen and oxygen atoms in total. The van der Waals surface area contributed by atoms with Crippen molar-refractivity contribution in [2.45, 2.75) is 63.6 Å². The first-order chi connectivity index (χ1) is 9.36. The molecule has 1 heterocycles. The first-order valence-electron chi connectivity index (χ1n) is 7.44. The van der Waals surface area contributed by atoms with Crippen LogP contribution in [0.15, 0.2) is 29.2 Å². The third-order valence-corrected chi connectivity index (χ3v) is 5.27. The first-order valence-corrected chi connectivity index (χ1v) is 8.43. The van der Waals surface area contributed by atoms with Crippen molar-refractivity contribution in [2.75, 3.05) is 5.75 Å². The summed E-state index contributed by atoms with van der Waals surface area (Å²) < 4.78 is 12.1. The molecule has 1 aliphatic heterocycles. The van der Waals surface area contributed by atoms with Gasteiger partial charge in [0.25, 0.3) is 0 Å². The molecular weight excluding hydrogens is 267 g/mol. The minimum absolute atomic E-state index is 0.255. The highest BCUT2D eigenvalue weighted by Crippen LogP contribution is 2.36. The molecule has 0 amide bonds. The number of unbranched alkanes of at least 4 members (excludes halogenated alkanes) is 1. The zero-order valence-electron chi connectivity index (χ0n) is 13.2. The van der Waals surface area contributed by atoms with Gasteiger partial charge in [0.2, 0.25) is 0 Å². The smallest absolute Gasteiger partial charge is 0.399 e. The Hall–Kier alpha value is -0.445. The van der Waals surface area contributed by atoms with Gasteiger partial charge in [-0.3, -0.25) is 0 Å². The second kappa shape index (κ2) is 6.12. The van der Waals surface area contributed by atoms with E-state index in [2.05, 4.69) is 58.9 Å². The zero-order chi connectivity index (χ0) is 14.8. The fourth-order valence-electron chi connectivity index (χ4n) is 2.03. The highest BCUT2D eigenvalue weighted by atomic mass is 32.2. The predicted octanol–water partition coefficient (Wildman–Crippen LogP) is 3.88. The molecule has 0 saturated carbocycles. The van der Waals surface area contributed by atoms with Crippen LogP contribution < -0.4 is 5.46 Å². The van der Waals surface area contributed by atoms with E-state index in [1.54, 1.807) is 0 Å². The van der Waals surface area contributed by atoms with Crippen LogP contribution >= 0.6 is 11.8 Å². The highest BCUT2D eigenvalue weighted by molar-refractivity contribution is 7.99. The van der Waals surface area contributed by atoms with Gasteiger partial charge in [-0.1, -0.05) is 25.5 Å². The molecule has 4 heteroatoms. The quantitative estimate of drug-likeness (QED) is 0.466. The van der Waals surface area contributed by atoms with Crippen molar-refractivity contribution in [1.82, 2.24) is 0 Å². The average Bonchev–Trinajstić information content (AvgIpc) is 2.60. The van der Waals surface area contributed by atoms with Crippen LogP contribution in [0.25, 0.3) is 0 Å². The van der Waals surface area contributed by atoms with E-state index in [0.717, 1.165) is 5.46 Å². The van der Waals surface area contributed by atoms with E-state index in [1.807, 2.05) is 11.8 Å². The van der Waals surface area contributed by atoms with Crippen molar-refractivity contribution in [3.8, 4) is 0 Å². The summed E-state index contributed by atoms with van der Waals surface area (Å²) in [4.78, 5) is 1.32. The Balaban J connectivity index is 2.01. The molecule has 0 bridgehead atoms. The molecule has 0 N–H and O–H groups in total. The Labute approximate surface area is 127 Å². The standard InChI is InChI=1S/C16H25BO2S/c1-6-7-12-20-14-10-8-13(9-11-14)17-18-15(2,3)16(4,5)19-17/h8-11H,6-7,12H2,1-5H3. The van der Waals surface area contributed by atoms with Gasteiger partial charge in [0.1, 0.15) is 0 Å². The molecule has 1 aromatic carbocycles. The Bertz CT molecular complexity index is 426. The van der Waals surface area contributed by atoms with Crippen LogP contribution in [0.2, 0.25) is 0 Å². The van der Waals surface area contributed by atoms with Gasteiger partial charge < -0.3 is 9.31 Å². The van der Waals surface area contributed by atoms with Crippen molar-refractivity contribution in [1.29, 1.82) is 0 Å². The fraction of sp³-hybridized carbons (Fsp3) is 0.625. The molecule has 0 spiro atoms. The summed E-state index contributed by atoms with van der Waals surface area (Å²) in [6.45, 7) is 10.6. The molecule has 0 atom stereocenters. The lowest BCUT2D eigenvalue weighted by Crippen LogP contribution is -2.41. The van der Waals surface area contributed by atoms with E-state index < -0.39 is 0 Å². The molecule has 1 aliphatic rings. The fourth-order valence-corrected chi connectivity index (χ4v) is 3.03. The minimum atomic E-state index is -0.272. The van der Waals surface area contributed by atoms with Crippen LogP contribution in [0.4, 0.5) is 0 Å². The normalized spacial score (nSPS) is 20.4. The van der Waals surface area contributed by atoms with E-state index in [1.165, 1.54) is 23.5 Å². The van der Waals surface area contributed by atoms with Gasteiger partial charge in [-0.05, 0) is 57.5 Å². The van der Waals surface area contributed by atoms with Crippen molar-refractivity contribution >= 4 is 24.3 Å². The number of hydrogen-bond donors (Lipinski definition) is 0. The molecule has 0 aliphatic carbocycles. The molecule has 2 rings (SSSR count). The molecule has 1 saturated heterocycles. The van der Waals surface area contributed by atoms with Crippen LogP contribution in [-0.2, 0) is 9.31 Å². The lowest BCUT2D eigenvalue weighted by atomic mass is 9.79. The second-order valence-electron chi connectivity index (χ2n) is 6.36. The molecule has 110 valence electrons. The first kappa shape index (κ1) is 15.9. The third kappa shape index (κ3) is 3.41. The summed E-state index contributed by atoms with van der Waals surface area (Å²) in [6, 6.07) is 8.58. The number of thioether (sulfide) groups is 1. The summed E-state index contributed by atoms with van der Waals surface area (Å²) >= 11 is 1.91. The van der Waals surface area contributed by atoms with Crippen LogP contribution in [0.1, 0.15) is 47.5 Å². The van der Waals surface area contributed by atoms with Gasteiger partial charge in [-0.15, -0.1) is 11.8 Å². The summed E-state index contributed by atoms with van der Waals surface area (Å²) in [6.07, 6.45) is 2.52. The van der Waals surface area contributed by atoms with Crippen molar-refractivity contribution < 1.29 is 9.31 Å². The third-order valence-electron chi connectivity index (χ3n) is 4.17. The second-order valence-corrected chi connectivity index (χ2v) is 7.53. The summed E-state index contributed by atoms with van der Waals surface area (Å²) in [5, 5.41) is 0. The predicted molar refractivity (Wildman–Crippen MR) is 87.8 cm³/mol. The monoisotopic (exact) mass is 292 g/mol. The van der Waals surface area contributed by atoms with E-state index in [-0.39, 0.29) is 18.3 Å². The van der Waals surface area contributed by atoms with E-state index in [4.69, 9.17) is 9.31 Å². The van der Waals surface area contributed by atoms with Crippen LogP contribution in [-0.4, -0.2) is 24.1 Å². The maximum absolute atomic E-state index is 6.06. The molecule has 0 unspecified atom stereocenters. The minimum Gasteiger partial charge on any atom is -0.399 e. The molecule has 1 fully saturated rings. The molecule has 0 radical (unpaired) electrons. The van der Waals surface area contributed by atoms with Crippen LogP contribution in [0.5, 0.6) is 0 Å². The van der Waals surface area contributed by atoms with Crippen LogP contribution in [0.3, 0.4) is 0 Å². The van der Waals surface area contributed by atoms with Crippen molar-refractivity contribution in [3.05, 3.63) is 24.3 Å². The van der Waals surface area contributed by atoms with Gasteiger partial charge in [-0.25, -0.2) is 0 Å². The maximum atomic E-state index is 6.06. The summed E-state index contributed by atoms with van der Waals surface area (Å²) in [7, 11) is -0.255. The Kier molecular flexibility index (Phi) is 4.88. The van der Waals surface area contributed by atoms with Gasteiger partial charge in [0, 0.05) is 4.90 Å². The Morgan fingerprint density at radius 2 is 1.55 bits per heavy atom. The lowest BCUT2D eigenvalue weighted by Gasteiger charge is -2.32. The SMILES string of the molecule is CCCCSc1ccc(B2OC(C)(C)C(C)(C)O2)cc1. The Morgan fingerprint density at radius 3 is 2.05 bits per heavy atom. The number of rotatable bonds is 5. The Morgan fingerprint density at radius 1 is 1.00 bits per heavy atom. The molecular formula is C16H25BO2S. The molecule has 20 heavy (non-hydrogen) atoms. The zero-order valence-corrected chi connectivity index (χ0v) is 14.0. The maximum Gasteiger partial charge on any atom is 0.494 e. The molecule has 1 aromatic rings. The largest absolute Gasteiger partial charge is 0.494 e. The van der Waals surface area contributed by atoms with Gasteiger partial charge in [0.15, 0.2) is 0 Å². The van der Waals surface area contributed by atoms with Gasteiger partial charge in [0.05, 0.1) is 11.2 Å². The van der Waals surface area contributed by atoms with E-state index in [9.17, 15) is 0 Å². The number of hydrogen-bond acceptors (Lipinski definition) is 3. The van der Waals surface area contributed by atoms with E-state index in [0.29, 0.717) is 0 Å². The summed E-state index contributed by atoms with van der Waals surface area (Å²) in [5.74, 6) is 1.19. The molecule has 0 aromatic heterocycles. The van der Waals surface area contributed by atoms with Gasteiger partial charge in [-0.2, -0.15) is 0 Å². The van der Waals surface area contributed by atoms with Gasteiger partial charge >= 0.3 is 7.12 Å². The average molecular weight is 292 g/mol. The van der Waals surface area contributed by atoms with Crippen LogP contribution in [0, 0.1) is 0 Å². The highest BCUT2D eigenvalue weighted by Gasteiger charge is 2.51. The van der Waals surface area contributed by atoms with Crippen molar-refractivity contribution in [3.63, 3.8) is 0 Å². The number of benzene rings is 1. The van der Waals surface area contributed by atoms with Crippen molar-refractivity contribution in [2.24, 2.45) is 0 Å². The summed E-state index contributed by atoms with van der Waals surface area (Å²) in [5.41, 5.74) is 0.557. The van der Waals surface area contributed by atoms with E-state index >= 15 is 0 Å². The topological polar surface area (TPSA) is 18.5 Å².